The van der Waals surface area contributed by atoms with Crippen LogP contribution in [0.3, 0.4) is 0 Å². The van der Waals surface area contributed by atoms with Crippen molar-refractivity contribution in [2.45, 2.75) is 51.0 Å². The number of pyridine rings is 1. The first-order valence-electron chi connectivity index (χ1n) is 13.9. The molecule has 0 spiro atoms. The van der Waals surface area contributed by atoms with Crippen LogP contribution in [0.5, 0.6) is 0 Å². The van der Waals surface area contributed by atoms with E-state index in [1.807, 2.05) is 42.8 Å². The fraction of sp³-hybridized carbons (Fsp3) is 0.393. The average Bonchev–Trinajstić information content (AvgIpc) is 3.90. The highest BCUT2D eigenvalue weighted by molar-refractivity contribution is 6.13. The second-order valence-electron chi connectivity index (χ2n) is 11.2. The van der Waals surface area contributed by atoms with Gasteiger partial charge in [-0.3, -0.25) is 24.7 Å². The number of carbonyl (C=O) groups excluding carboxylic acids is 3. The van der Waals surface area contributed by atoms with Gasteiger partial charge in [0.2, 0.25) is 11.8 Å². The maximum atomic E-state index is 12.8. The smallest absolute Gasteiger partial charge is 0.331 e. The van der Waals surface area contributed by atoms with Crippen LogP contribution in [-0.2, 0) is 9.59 Å². The van der Waals surface area contributed by atoms with Gasteiger partial charge in [0, 0.05) is 43.2 Å². The van der Waals surface area contributed by atoms with Crippen molar-refractivity contribution in [2.24, 2.45) is 5.92 Å². The summed E-state index contributed by atoms with van der Waals surface area (Å²) in [5.74, 6) is 0.919. The van der Waals surface area contributed by atoms with E-state index in [1.54, 1.807) is 6.20 Å². The molecule has 1 unspecified atom stereocenters. The molecule has 0 aromatic carbocycles. The van der Waals surface area contributed by atoms with E-state index in [4.69, 9.17) is 4.98 Å². The van der Waals surface area contributed by atoms with Crippen molar-refractivity contribution in [3.8, 4) is 0 Å². The molecule has 2 aliphatic carbocycles. The van der Waals surface area contributed by atoms with E-state index in [-0.39, 0.29) is 48.2 Å². The largest absolute Gasteiger partial charge is 0.360 e. The minimum atomic E-state index is -0.365. The molecule has 4 aromatic heterocycles. The molecule has 14 heteroatoms. The molecule has 2 N–H and O–H groups in total. The van der Waals surface area contributed by atoms with Gasteiger partial charge in [-0.1, -0.05) is 0 Å². The first-order valence-corrected chi connectivity index (χ1v) is 13.9. The second-order valence-corrected chi connectivity index (χ2v) is 11.2. The van der Waals surface area contributed by atoms with Gasteiger partial charge in [-0.15, -0.1) is 5.10 Å². The van der Waals surface area contributed by atoms with E-state index >= 15 is 0 Å². The fourth-order valence-corrected chi connectivity index (χ4v) is 5.29. The highest BCUT2D eigenvalue weighted by atomic mass is 16.2. The number of imide groups is 1. The van der Waals surface area contributed by atoms with E-state index in [0.29, 0.717) is 41.0 Å². The molecule has 0 radical (unpaired) electrons. The number of rotatable bonds is 8. The zero-order valence-corrected chi connectivity index (χ0v) is 23.4. The van der Waals surface area contributed by atoms with Crippen LogP contribution < -0.4 is 15.5 Å². The molecule has 3 fully saturated rings. The third-order valence-electron chi connectivity index (χ3n) is 7.97. The number of hydrogen-bond donors (Lipinski definition) is 2. The Balaban J connectivity index is 1.08. The number of carbonyl (C=O) groups is 3. The van der Waals surface area contributed by atoms with E-state index < -0.39 is 0 Å². The molecule has 42 heavy (non-hydrogen) atoms. The second kappa shape index (κ2) is 9.82. The van der Waals surface area contributed by atoms with E-state index in [2.05, 4.69) is 35.8 Å². The third kappa shape index (κ3) is 4.78. The summed E-state index contributed by atoms with van der Waals surface area (Å²) in [4.78, 5) is 58.5. The third-order valence-corrected chi connectivity index (χ3v) is 7.97. The van der Waals surface area contributed by atoms with Gasteiger partial charge in [-0.05, 0) is 56.7 Å². The van der Waals surface area contributed by atoms with E-state index in [9.17, 15) is 14.4 Å². The van der Waals surface area contributed by atoms with Crippen molar-refractivity contribution in [1.82, 2.24) is 39.4 Å². The standard InChI is InChI=1S/C28H29N11O3/c1-14-6-7-29-24(31-14)18-9-19(18)26(41)35-27-34-22(10-30-36-27)32-15(2)20-12-38-11-17(16-4-5-16)8-21(25(38)33-20)39-13-23(40)37(3)28(39)42/h6-8,10-12,15-16,18-19H,4-5,9,13H2,1-3H3,(H2,32,34,35,36,41)/t15?,18-,19-/m0/s1. The number of aromatic nitrogens is 7. The van der Waals surface area contributed by atoms with Crippen LogP contribution in [-0.4, -0.2) is 70.9 Å². The molecule has 214 valence electrons. The molecule has 4 amide bonds. The van der Waals surface area contributed by atoms with Crippen molar-refractivity contribution in [2.75, 3.05) is 29.1 Å². The lowest BCUT2D eigenvalue weighted by Crippen LogP contribution is -2.30. The first kappa shape index (κ1) is 25.9. The van der Waals surface area contributed by atoms with E-state index in [0.717, 1.165) is 29.0 Å². The molecule has 0 bridgehead atoms. The number of likely N-dealkylation sites (N-methyl/N-ethyl adjacent to an activating group) is 1. The quantitative estimate of drug-likeness (QED) is 0.303. The Bertz CT molecular complexity index is 1750. The number of urea groups is 1. The molecule has 14 nitrogen and oxygen atoms in total. The van der Waals surface area contributed by atoms with Crippen molar-refractivity contribution in [3.63, 3.8) is 0 Å². The first-order chi connectivity index (χ1) is 20.2. The lowest BCUT2D eigenvalue weighted by Gasteiger charge is -2.17. The summed E-state index contributed by atoms with van der Waals surface area (Å²) < 4.78 is 1.92. The van der Waals surface area contributed by atoms with Crippen LogP contribution in [0.15, 0.2) is 36.9 Å². The summed E-state index contributed by atoms with van der Waals surface area (Å²) >= 11 is 0. The number of nitrogens with zero attached hydrogens (tertiary/aromatic N) is 9. The van der Waals surface area contributed by atoms with Gasteiger partial charge in [0.1, 0.15) is 12.4 Å². The Hall–Kier alpha value is -5.01. The molecule has 1 aliphatic heterocycles. The summed E-state index contributed by atoms with van der Waals surface area (Å²) in [5.41, 5.74) is 3.89. The Morgan fingerprint density at radius 3 is 2.71 bits per heavy atom. The number of aryl methyl sites for hydroxylation is 1. The van der Waals surface area contributed by atoms with Gasteiger partial charge >= 0.3 is 6.03 Å². The summed E-state index contributed by atoms with van der Waals surface area (Å²) in [6.45, 7) is 3.81. The molecule has 2 saturated carbocycles. The summed E-state index contributed by atoms with van der Waals surface area (Å²) in [6, 6.07) is 3.14. The number of nitrogens with one attached hydrogen (secondary N) is 2. The van der Waals surface area contributed by atoms with Crippen molar-refractivity contribution in [3.05, 3.63) is 59.7 Å². The summed E-state index contributed by atoms with van der Waals surface area (Å²) in [7, 11) is 1.49. The minimum absolute atomic E-state index is 0.0180. The summed E-state index contributed by atoms with van der Waals surface area (Å²) in [5, 5.41) is 14.0. The lowest BCUT2D eigenvalue weighted by molar-refractivity contribution is -0.124. The van der Waals surface area contributed by atoms with Crippen LogP contribution in [0, 0.1) is 12.8 Å². The molecule has 7 rings (SSSR count). The van der Waals surface area contributed by atoms with Gasteiger partial charge in [-0.25, -0.2) is 19.7 Å². The van der Waals surface area contributed by atoms with Crippen molar-refractivity contribution < 1.29 is 14.4 Å². The number of hydrogen-bond acceptors (Lipinski definition) is 10. The maximum Gasteiger partial charge on any atom is 0.331 e. The highest BCUT2D eigenvalue weighted by Gasteiger charge is 2.46. The van der Waals surface area contributed by atoms with Gasteiger partial charge in [0.25, 0.3) is 5.95 Å². The van der Waals surface area contributed by atoms with Gasteiger partial charge < -0.3 is 9.72 Å². The molecule has 1 saturated heterocycles. The molecule has 5 heterocycles. The van der Waals surface area contributed by atoms with Crippen LogP contribution in [0.25, 0.3) is 5.65 Å². The van der Waals surface area contributed by atoms with Crippen molar-refractivity contribution >= 4 is 40.9 Å². The van der Waals surface area contributed by atoms with Gasteiger partial charge in [0.05, 0.1) is 23.6 Å². The Morgan fingerprint density at radius 1 is 1.14 bits per heavy atom. The SMILES string of the molecule is Cc1ccnc([C@H]2C[C@@H]2C(=O)Nc2nncc(NC(C)c3cn4cc(C5CC5)cc(N5CC(=O)N(C)C5=O)c4n3)n2)n1. The fourth-order valence-electron chi connectivity index (χ4n) is 5.29. The molecule has 3 aliphatic rings. The maximum absolute atomic E-state index is 12.8. The minimum Gasteiger partial charge on any atom is -0.360 e. The van der Waals surface area contributed by atoms with Crippen LogP contribution >= 0.6 is 0 Å². The molecular formula is C28H29N11O3. The zero-order valence-electron chi connectivity index (χ0n) is 23.4. The lowest BCUT2D eigenvalue weighted by atomic mass is 10.1. The molecular weight excluding hydrogens is 538 g/mol. The van der Waals surface area contributed by atoms with Gasteiger partial charge in [0.15, 0.2) is 11.5 Å². The number of imidazole rings is 1. The molecule has 3 atom stereocenters. The van der Waals surface area contributed by atoms with Crippen LogP contribution in [0.4, 0.5) is 22.2 Å². The Morgan fingerprint density at radius 2 is 1.98 bits per heavy atom. The van der Waals surface area contributed by atoms with Crippen LogP contribution in [0.1, 0.15) is 66.8 Å². The monoisotopic (exact) mass is 567 g/mol. The highest BCUT2D eigenvalue weighted by Crippen LogP contribution is 2.46. The van der Waals surface area contributed by atoms with Crippen LogP contribution in [0.2, 0.25) is 0 Å². The summed E-state index contributed by atoms with van der Waals surface area (Å²) in [6.07, 6.45) is 9.99. The number of anilines is 3. The van der Waals surface area contributed by atoms with Gasteiger partial charge in [-0.2, -0.15) is 10.1 Å². The number of fused-ring (bicyclic) bond motifs is 1. The molecule has 4 aromatic rings. The predicted molar refractivity (Wildman–Crippen MR) is 151 cm³/mol. The zero-order chi connectivity index (χ0) is 29.1. The topological polar surface area (TPSA) is 164 Å². The van der Waals surface area contributed by atoms with E-state index in [1.165, 1.54) is 18.1 Å². The number of amides is 4. The predicted octanol–water partition coefficient (Wildman–Crippen LogP) is 2.81. The van der Waals surface area contributed by atoms with Crippen molar-refractivity contribution in [1.29, 1.82) is 0 Å². The Labute approximate surface area is 240 Å². The average molecular weight is 568 g/mol. The Kier molecular flexibility index (Phi) is 6.06. The normalized spacial score (nSPS) is 20.7.